The number of rotatable bonds is 5. The SMILES string of the molecule is COC(=O)Cn1/c(=N/S(=O)(=O)c2ccc(F)cc2)sc2cc(OC)ccc21. The molecule has 0 N–H and O–H groups in total. The van der Waals surface area contributed by atoms with Crippen LogP contribution in [0.2, 0.25) is 0 Å². The Morgan fingerprint density at radius 3 is 2.52 bits per heavy atom. The van der Waals surface area contributed by atoms with E-state index in [0.29, 0.717) is 16.0 Å². The molecule has 2 aromatic carbocycles. The monoisotopic (exact) mass is 410 g/mol. The Hall–Kier alpha value is -2.72. The maximum Gasteiger partial charge on any atom is 0.325 e. The van der Waals surface area contributed by atoms with Gasteiger partial charge in [0.25, 0.3) is 10.0 Å². The second kappa shape index (κ2) is 7.49. The fraction of sp³-hybridized carbons (Fsp3) is 0.176. The van der Waals surface area contributed by atoms with Crippen molar-refractivity contribution in [3.8, 4) is 5.75 Å². The quantitative estimate of drug-likeness (QED) is 0.603. The molecule has 142 valence electrons. The summed E-state index contributed by atoms with van der Waals surface area (Å²) >= 11 is 1.09. The number of carbonyl (C=O) groups is 1. The molecule has 3 rings (SSSR count). The van der Waals surface area contributed by atoms with Crippen molar-refractivity contribution < 1.29 is 27.1 Å². The molecule has 0 saturated carbocycles. The number of ether oxygens (including phenoxy) is 2. The lowest BCUT2D eigenvalue weighted by atomic mass is 10.3. The Morgan fingerprint density at radius 1 is 1.19 bits per heavy atom. The number of sulfonamides is 1. The van der Waals surface area contributed by atoms with E-state index in [1.54, 1.807) is 18.2 Å². The third-order valence-corrected chi connectivity index (χ3v) is 6.15. The maximum absolute atomic E-state index is 13.1. The molecule has 0 aliphatic carbocycles. The molecular formula is C17H15FN2O5S2. The third kappa shape index (κ3) is 4.01. The van der Waals surface area contributed by atoms with E-state index in [1.165, 1.54) is 18.8 Å². The van der Waals surface area contributed by atoms with Crippen LogP contribution in [0.25, 0.3) is 10.2 Å². The molecule has 0 saturated heterocycles. The van der Waals surface area contributed by atoms with Crippen LogP contribution in [0.5, 0.6) is 5.75 Å². The first-order valence-electron chi connectivity index (χ1n) is 7.65. The van der Waals surface area contributed by atoms with E-state index in [-0.39, 0.29) is 16.2 Å². The first kappa shape index (κ1) is 19.1. The van der Waals surface area contributed by atoms with Crippen LogP contribution in [-0.4, -0.2) is 33.2 Å². The minimum absolute atomic E-state index is 0.0907. The van der Waals surface area contributed by atoms with Crippen molar-refractivity contribution in [2.45, 2.75) is 11.4 Å². The number of hydrogen-bond acceptors (Lipinski definition) is 6. The van der Waals surface area contributed by atoms with Gasteiger partial charge in [0.2, 0.25) is 4.80 Å². The van der Waals surface area contributed by atoms with Crippen LogP contribution >= 0.6 is 11.3 Å². The molecule has 0 fully saturated rings. The van der Waals surface area contributed by atoms with E-state index in [2.05, 4.69) is 9.13 Å². The second-order valence-corrected chi connectivity index (χ2v) is 8.01. The third-order valence-electron chi connectivity index (χ3n) is 3.71. The summed E-state index contributed by atoms with van der Waals surface area (Å²) in [6.45, 7) is -0.208. The van der Waals surface area contributed by atoms with Crippen molar-refractivity contribution in [1.29, 1.82) is 0 Å². The Bertz CT molecular complexity index is 1160. The van der Waals surface area contributed by atoms with Gasteiger partial charge in [-0.05, 0) is 42.5 Å². The van der Waals surface area contributed by atoms with E-state index < -0.39 is 21.8 Å². The van der Waals surface area contributed by atoms with Gasteiger partial charge in [-0.25, -0.2) is 4.39 Å². The number of esters is 1. The lowest BCUT2D eigenvalue weighted by Crippen LogP contribution is -2.22. The van der Waals surface area contributed by atoms with Crippen LogP contribution in [0.1, 0.15) is 0 Å². The van der Waals surface area contributed by atoms with Crippen LogP contribution in [0.4, 0.5) is 4.39 Å². The Labute approximate surface area is 158 Å². The van der Waals surface area contributed by atoms with E-state index >= 15 is 0 Å². The van der Waals surface area contributed by atoms with Crippen molar-refractivity contribution in [3.05, 3.63) is 53.1 Å². The molecule has 0 bridgehead atoms. The predicted molar refractivity (Wildman–Crippen MR) is 97.5 cm³/mol. The number of carbonyl (C=O) groups excluding carboxylic acids is 1. The number of thiazole rings is 1. The molecule has 0 spiro atoms. The summed E-state index contributed by atoms with van der Waals surface area (Å²) in [5.41, 5.74) is 0.610. The van der Waals surface area contributed by atoms with Gasteiger partial charge in [-0.15, -0.1) is 4.40 Å². The predicted octanol–water partition coefficient (Wildman–Crippen LogP) is 2.31. The van der Waals surface area contributed by atoms with Gasteiger partial charge >= 0.3 is 5.97 Å². The number of hydrogen-bond donors (Lipinski definition) is 0. The van der Waals surface area contributed by atoms with Gasteiger partial charge in [0, 0.05) is 0 Å². The van der Waals surface area contributed by atoms with Crippen LogP contribution in [0.15, 0.2) is 51.8 Å². The molecule has 0 aliphatic heterocycles. The van der Waals surface area contributed by atoms with Crippen molar-refractivity contribution >= 4 is 37.5 Å². The first-order chi connectivity index (χ1) is 12.8. The number of aromatic nitrogens is 1. The summed E-state index contributed by atoms with van der Waals surface area (Å²) in [6, 6.07) is 9.47. The average molecular weight is 410 g/mol. The topological polar surface area (TPSA) is 87.0 Å². The number of fused-ring (bicyclic) bond motifs is 1. The lowest BCUT2D eigenvalue weighted by molar-refractivity contribution is -0.141. The zero-order valence-electron chi connectivity index (χ0n) is 14.4. The van der Waals surface area contributed by atoms with E-state index in [0.717, 1.165) is 35.6 Å². The molecule has 0 aliphatic rings. The fourth-order valence-electron chi connectivity index (χ4n) is 2.36. The molecule has 0 amide bonds. The maximum atomic E-state index is 13.1. The van der Waals surface area contributed by atoms with Gasteiger partial charge in [-0.1, -0.05) is 11.3 Å². The molecule has 1 aromatic heterocycles. The molecule has 7 nitrogen and oxygen atoms in total. The summed E-state index contributed by atoms with van der Waals surface area (Å²) in [6.07, 6.45) is 0. The zero-order valence-corrected chi connectivity index (χ0v) is 16.0. The van der Waals surface area contributed by atoms with Crippen LogP contribution in [-0.2, 0) is 26.1 Å². The highest BCUT2D eigenvalue weighted by atomic mass is 32.2. The van der Waals surface area contributed by atoms with Crippen LogP contribution < -0.4 is 9.54 Å². The molecule has 3 aromatic rings. The average Bonchev–Trinajstić information content (AvgIpc) is 2.97. The Morgan fingerprint density at radius 2 is 1.89 bits per heavy atom. The molecule has 10 heteroatoms. The van der Waals surface area contributed by atoms with Gasteiger partial charge < -0.3 is 14.0 Å². The van der Waals surface area contributed by atoms with Gasteiger partial charge in [0.15, 0.2) is 0 Å². The first-order valence-corrected chi connectivity index (χ1v) is 9.90. The fourth-order valence-corrected chi connectivity index (χ4v) is 4.62. The summed E-state index contributed by atoms with van der Waals surface area (Å²) in [5, 5.41) is 0. The number of benzene rings is 2. The van der Waals surface area contributed by atoms with Crippen molar-refractivity contribution in [3.63, 3.8) is 0 Å². The van der Waals surface area contributed by atoms with Crippen LogP contribution in [0, 0.1) is 5.82 Å². The van der Waals surface area contributed by atoms with Crippen molar-refractivity contribution in [2.75, 3.05) is 14.2 Å². The number of halogens is 1. The number of nitrogens with zero attached hydrogens (tertiary/aromatic N) is 2. The van der Waals surface area contributed by atoms with E-state index in [4.69, 9.17) is 4.74 Å². The highest BCUT2D eigenvalue weighted by molar-refractivity contribution is 7.90. The standard InChI is InChI=1S/C17H15FN2O5S2/c1-24-12-5-8-14-15(9-12)26-17(20(14)10-16(21)25-2)19-27(22,23)13-6-3-11(18)4-7-13/h3-9H,10H2,1-2H3/b19-17-. The largest absolute Gasteiger partial charge is 0.497 e. The number of methoxy groups -OCH3 is 2. The van der Waals surface area contributed by atoms with E-state index in [1.807, 2.05) is 0 Å². The van der Waals surface area contributed by atoms with Gasteiger partial charge in [-0.3, -0.25) is 4.79 Å². The Kier molecular flexibility index (Phi) is 5.29. The van der Waals surface area contributed by atoms with Gasteiger partial charge in [0.05, 0.1) is 29.3 Å². The molecule has 1 heterocycles. The van der Waals surface area contributed by atoms with Crippen molar-refractivity contribution in [1.82, 2.24) is 4.57 Å². The summed E-state index contributed by atoms with van der Waals surface area (Å²) in [4.78, 5) is 11.7. The minimum atomic E-state index is -4.09. The van der Waals surface area contributed by atoms with Gasteiger partial charge in [0.1, 0.15) is 18.1 Å². The summed E-state index contributed by atoms with van der Waals surface area (Å²) in [7, 11) is -1.34. The van der Waals surface area contributed by atoms with E-state index in [9.17, 15) is 17.6 Å². The normalized spacial score (nSPS) is 12.3. The second-order valence-electron chi connectivity index (χ2n) is 5.40. The van der Waals surface area contributed by atoms with Gasteiger partial charge in [-0.2, -0.15) is 8.42 Å². The summed E-state index contributed by atoms with van der Waals surface area (Å²) in [5.74, 6) is -0.517. The highest BCUT2D eigenvalue weighted by Gasteiger charge is 2.17. The molecule has 0 atom stereocenters. The van der Waals surface area contributed by atoms with Crippen LogP contribution in [0.3, 0.4) is 0 Å². The highest BCUT2D eigenvalue weighted by Crippen LogP contribution is 2.24. The summed E-state index contributed by atoms with van der Waals surface area (Å²) < 4.78 is 54.1. The Balaban J connectivity index is 2.21. The molecule has 0 radical (unpaired) electrons. The lowest BCUT2D eigenvalue weighted by Gasteiger charge is -2.04. The molecule has 0 unspecified atom stereocenters. The smallest absolute Gasteiger partial charge is 0.325 e. The molecular weight excluding hydrogens is 395 g/mol. The zero-order chi connectivity index (χ0) is 19.6. The minimum Gasteiger partial charge on any atom is -0.497 e. The van der Waals surface area contributed by atoms with Crippen molar-refractivity contribution in [2.24, 2.45) is 4.40 Å². The molecule has 27 heavy (non-hydrogen) atoms.